The summed E-state index contributed by atoms with van der Waals surface area (Å²) in [4.78, 5) is 14.6. The Morgan fingerprint density at radius 2 is 2.32 bits per heavy atom. The maximum atomic E-state index is 12.7. The molecule has 0 radical (unpaired) electrons. The summed E-state index contributed by atoms with van der Waals surface area (Å²) in [5.74, 6) is 0.713. The van der Waals surface area contributed by atoms with Crippen molar-refractivity contribution in [2.45, 2.75) is 31.9 Å². The number of amides is 1. The van der Waals surface area contributed by atoms with Crippen LogP contribution in [0.5, 0.6) is 5.75 Å². The zero-order chi connectivity index (χ0) is 15.4. The van der Waals surface area contributed by atoms with Gasteiger partial charge in [-0.15, -0.1) is 0 Å². The highest BCUT2D eigenvalue weighted by molar-refractivity contribution is 5.97. The number of carbonyl (C=O) groups is 1. The minimum Gasteiger partial charge on any atom is -0.490 e. The lowest BCUT2D eigenvalue weighted by atomic mass is 10.1. The number of benzene rings is 1. The molecule has 0 bridgehead atoms. The lowest BCUT2D eigenvalue weighted by Crippen LogP contribution is -2.51. The summed E-state index contributed by atoms with van der Waals surface area (Å²) in [6, 6.07) is 7.84. The van der Waals surface area contributed by atoms with Gasteiger partial charge in [0.15, 0.2) is 0 Å². The SMILES string of the molecule is C[C@H]1CN(C(=O)c2ccccc2OC[C@@H]2CCCO2)CCN1. The molecule has 2 atom stereocenters. The van der Waals surface area contributed by atoms with Gasteiger partial charge >= 0.3 is 0 Å². The second-order valence-corrected chi connectivity index (χ2v) is 6.05. The first kappa shape index (κ1) is 15.3. The van der Waals surface area contributed by atoms with Crippen LogP contribution in [0.3, 0.4) is 0 Å². The first-order valence-electron chi connectivity index (χ1n) is 8.10. The molecule has 0 unspecified atom stereocenters. The monoisotopic (exact) mass is 304 g/mol. The lowest BCUT2D eigenvalue weighted by molar-refractivity contribution is 0.0637. The summed E-state index contributed by atoms with van der Waals surface area (Å²) in [5.41, 5.74) is 0.648. The molecule has 22 heavy (non-hydrogen) atoms. The second-order valence-electron chi connectivity index (χ2n) is 6.05. The van der Waals surface area contributed by atoms with Crippen molar-refractivity contribution in [3.63, 3.8) is 0 Å². The lowest BCUT2D eigenvalue weighted by Gasteiger charge is -2.32. The van der Waals surface area contributed by atoms with Crippen LogP contribution < -0.4 is 10.1 Å². The predicted molar refractivity (Wildman–Crippen MR) is 84.3 cm³/mol. The van der Waals surface area contributed by atoms with Crippen LogP contribution in [-0.4, -0.2) is 55.8 Å². The van der Waals surface area contributed by atoms with Gasteiger partial charge in [0.05, 0.1) is 11.7 Å². The molecule has 120 valence electrons. The van der Waals surface area contributed by atoms with Crippen LogP contribution in [0.1, 0.15) is 30.1 Å². The van der Waals surface area contributed by atoms with Crippen molar-refractivity contribution in [3.05, 3.63) is 29.8 Å². The van der Waals surface area contributed by atoms with Crippen LogP contribution in [0.15, 0.2) is 24.3 Å². The number of rotatable bonds is 4. The van der Waals surface area contributed by atoms with Crippen LogP contribution in [0, 0.1) is 0 Å². The Hall–Kier alpha value is -1.59. The van der Waals surface area contributed by atoms with Crippen molar-refractivity contribution < 1.29 is 14.3 Å². The largest absolute Gasteiger partial charge is 0.490 e. The normalized spacial score (nSPS) is 25.2. The number of hydrogen-bond donors (Lipinski definition) is 1. The smallest absolute Gasteiger partial charge is 0.257 e. The molecule has 0 aliphatic carbocycles. The molecule has 1 amide bonds. The molecular formula is C17H24N2O3. The van der Waals surface area contributed by atoms with Gasteiger partial charge in [-0.2, -0.15) is 0 Å². The molecule has 2 fully saturated rings. The topological polar surface area (TPSA) is 50.8 Å². The van der Waals surface area contributed by atoms with E-state index in [-0.39, 0.29) is 12.0 Å². The van der Waals surface area contributed by atoms with E-state index < -0.39 is 0 Å². The van der Waals surface area contributed by atoms with Gasteiger partial charge in [-0.3, -0.25) is 4.79 Å². The van der Waals surface area contributed by atoms with Crippen LogP contribution >= 0.6 is 0 Å². The summed E-state index contributed by atoms with van der Waals surface area (Å²) in [7, 11) is 0. The van der Waals surface area contributed by atoms with E-state index >= 15 is 0 Å². The van der Waals surface area contributed by atoms with E-state index in [4.69, 9.17) is 9.47 Å². The van der Waals surface area contributed by atoms with E-state index in [9.17, 15) is 4.79 Å². The number of carbonyl (C=O) groups excluding carboxylic acids is 1. The Labute approximate surface area is 131 Å². The zero-order valence-electron chi connectivity index (χ0n) is 13.1. The highest BCUT2D eigenvalue weighted by Crippen LogP contribution is 2.22. The average Bonchev–Trinajstić information content (AvgIpc) is 3.06. The molecular weight excluding hydrogens is 280 g/mol. The number of para-hydroxylation sites is 1. The highest BCUT2D eigenvalue weighted by atomic mass is 16.5. The molecule has 0 saturated carbocycles. The van der Waals surface area contributed by atoms with Gasteiger partial charge in [0.2, 0.25) is 0 Å². The van der Waals surface area contributed by atoms with Gasteiger partial charge in [-0.1, -0.05) is 12.1 Å². The Morgan fingerprint density at radius 3 is 3.09 bits per heavy atom. The first-order chi connectivity index (χ1) is 10.7. The Kier molecular flexibility index (Phi) is 4.95. The fourth-order valence-corrected chi connectivity index (χ4v) is 3.01. The molecule has 2 aliphatic heterocycles. The number of nitrogens with zero attached hydrogens (tertiary/aromatic N) is 1. The van der Waals surface area contributed by atoms with E-state index in [1.54, 1.807) is 0 Å². The molecule has 5 heteroatoms. The Morgan fingerprint density at radius 1 is 1.45 bits per heavy atom. The minimum absolute atomic E-state index is 0.0521. The van der Waals surface area contributed by atoms with Crippen molar-refractivity contribution in [2.24, 2.45) is 0 Å². The average molecular weight is 304 g/mol. The van der Waals surface area contributed by atoms with Gasteiger partial charge in [-0.05, 0) is 31.9 Å². The van der Waals surface area contributed by atoms with Crippen molar-refractivity contribution in [3.8, 4) is 5.75 Å². The van der Waals surface area contributed by atoms with Gasteiger partial charge < -0.3 is 19.7 Å². The third kappa shape index (κ3) is 3.59. The highest BCUT2D eigenvalue weighted by Gasteiger charge is 2.24. The summed E-state index contributed by atoms with van der Waals surface area (Å²) in [6.07, 6.45) is 2.28. The van der Waals surface area contributed by atoms with Gasteiger partial charge in [0.25, 0.3) is 5.91 Å². The number of ether oxygens (including phenoxy) is 2. The van der Waals surface area contributed by atoms with Gasteiger partial charge in [-0.25, -0.2) is 0 Å². The van der Waals surface area contributed by atoms with Crippen molar-refractivity contribution >= 4 is 5.91 Å². The summed E-state index contributed by atoms with van der Waals surface area (Å²) in [5, 5.41) is 3.35. The number of nitrogens with one attached hydrogen (secondary N) is 1. The van der Waals surface area contributed by atoms with E-state index in [0.29, 0.717) is 24.0 Å². The molecule has 1 aromatic rings. The van der Waals surface area contributed by atoms with Crippen molar-refractivity contribution in [2.75, 3.05) is 32.8 Å². The van der Waals surface area contributed by atoms with Crippen molar-refractivity contribution in [1.29, 1.82) is 0 Å². The molecule has 1 aromatic carbocycles. The zero-order valence-corrected chi connectivity index (χ0v) is 13.1. The summed E-state index contributed by atoms with van der Waals surface area (Å²) < 4.78 is 11.4. The molecule has 2 aliphatic rings. The van der Waals surface area contributed by atoms with E-state index in [0.717, 1.165) is 39.1 Å². The Balaban J connectivity index is 1.68. The maximum Gasteiger partial charge on any atom is 0.257 e. The molecule has 1 N–H and O–H groups in total. The first-order valence-corrected chi connectivity index (χ1v) is 8.10. The summed E-state index contributed by atoms with van der Waals surface area (Å²) >= 11 is 0. The molecule has 3 rings (SSSR count). The second kappa shape index (κ2) is 7.11. The quantitative estimate of drug-likeness (QED) is 0.919. The van der Waals surface area contributed by atoms with Crippen molar-refractivity contribution in [1.82, 2.24) is 10.2 Å². The molecule has 0 aromatic heterocycles. The minimum atomic E-state index is 0.0521. The van der Waals surface area contributed by atoms with Crippen LogP contribution in [0.4, 0.5) is 0 Å². The van der Waals surface area contributed by atoms with E-state index in [1.807, 2.05) is 29.2 Å². The van der Waals surface area contributed by atoms with Crippen LogP contribution in [0.25, 0.3) is 0 Å². The molecule has 2 heterocycles. The molecule has 2 saturated heterocycles. The van der Waals surface area contributed by atoms with Crippen LogP contribution in [-0.2, 0) is 4.74 Å². The number of piperazine rings is 1. The Bertz CT molecular complexity index is 514. The third-order valence-corrected chi connectivity index (χ3v) is 4.22. The van der Waals surface area contributed by atoms with Gasteiger partial charge in [0.1, 0.15) is 12.4 Å². The molecule has 5 nitrogen and oxygen atoms in total. The van der Waals surface area contributed by atoms with E-state index in [2.05, 4.69) is 12.2 Å². The summed E-state index contributed by atoms with van der Waals surface area (Å²) in [6.45, 7) is 5.74. The predicted octanol–water partition coefficient (Wildman–Crippen LogP) is 1.68. The maximum absolute atomic E-state index is 12.7. The molecule has 0 spiro atoms. The number of hydrogen-bond acceptors (Lipinski definition) is 4. The van der Waals surface area contributed by atoms with Crippen LogP contribution in [0.2, 0.25) is 0 Å². The third-order valence-electron chi connectivity index (χ3n) is 4.22. The fraction of sp³-hybridized carbons (Fsp3) is 0.588. The van der Waals surface area contributed by atoms with Gasteiger partial charge in [0, 0.05) is 32.3 Å². The standard InChI is InChI=1S/C17H24N2O3/c1-13-11-19(9-8-18-13)17(20)15-6-2-3-7-16(15)22-12-14-5-4-10-21-14/h2-3,6-7,13-14,18H,4-5,8-12H2,1H3/t13-,14-/m0/s1. The fourth-order valence-electron chi connectivity index (χ4n) is 3.01. The van der Waals surface area contributed by atoms with E-state index in [1.165, 1.54) is 0 Å².